The smallest absolute Gasteiger partial charge is 0.219 e. The van der Waals surface area contributed by atoms with Crippen molar-refractivity contribution < 1.29 is 9.53 Å². The Morgan fingerprint density at radius 3 is 2.89 bits per heavy atom. The molecule has 3 aromatic heterocycles. The summed E-state index contributed by atoms with van der Waals surface area (Å²) in [5, 5.41) is 11.0. The van der Waals surface area contributed by atoms with Gasteiger partial charge < -0.3 is 10.1 Å². The zero-order valence-corrected chi connectivity index (χ0v) is 21.3. The maximum absolute atomic E-state index is 11.4. The molecule has 2 N–H and O–H groups in total. The van der Waals surface area contributed by atoms with Crippen LogP contribution in [0.15, 0.2) is 60.9 Å². The highest BCUT2D eigenvalue weighted by Gasteiger charge is 2.67. The topological polar surface area (TPSA) is 96.0 Å². The molecule has 6 rings (SSSR count). The number of likely N-dealkylation sites (tertiary alicyclic amines) is 1. The summed E-state index contributed by atoms with van der Waals surface area (Å²) in [6.45, 7) is 7.72. The van der Waals surface area contributed by atoms with E-state index < -0.39 is 0 Å². The number of benzene rings is 1. The molecule has 1 saturated heterocycles. The van der Waals surface area contributed by atoms with Crippen LogP contribution < -0.4 is 10.1 Å². The number of H-pyrrole nitrogens is 1. The van der Waals surface area contributed by atoms with Crippen LogP contribution in [0.1, 0.15) is 32.4 Å². The van der Waals surface area contributed by atoms with Crippen molar-refractivity contribution in [3.63, 3.8) is 0 Å². The number of amides is 1. The first kappa shape index (κ1) is 23.6. The maximum atomic E-state index is 11.4. The van der Waals surface area contributed by atoms with Crippen LogP contribution in [-0.2, 0) is 11.3 Å². The van der Waals surface area contributed by atoms with E-state index in [1.807, 2.05) is 36.4 Å². The monoisotopic (exact) mass is 496 g/mol. The predicted octanol–water partition coefficient (Wildman–Crippen LogP) is 4.80. The van der Waals surface area contributed by atoms with Gasteiger partial charge in [0, 0.05) is 62.5 Å². The van der Waals surface area contributed by atoms with Crippen LogP contribution in [0.5, 0.6) is 11.6 Å². The summed E-state index contributed by atoms with van der Waals surface area (Å²) in [4.78, 5) is 23.3. The van der Waals surface area contributed by atoms with E-state index in [-0.39, 0.29) is 5.91 Å². The number of carbonyl (C=O) groups excluding carboxylic acids is 1. The van der Waals surface area contributed by atoms with Crippen molar-refractivity contribution in [2.75, 3.05) is 19.6 Å². The molecule has 0 radical (unpaired) electrons. The number of hydrogen-bond acceptors (Lipinski definition) is 6. The van der Waals surface area contributed by atoms with Gasteiger partial charge in [0.05, 0.1) is 16.9 Å². The van der Waals surface area contributed by atoms with Crippen LogP contribution in [0.25, 0.3) is 22.2 Å². The van der Waals surface area contributed by atoms with Crippen molar-refractivity contribution in [3.8, 4) is 22.9 Å². The normalized spacial score (nSPS) is 22.6. The van der Waals surface area contributed by atoms with Crippen molar-refractivity contribution in [1.29, 1.82) is 0 Å². The summed E-state index contributed by atoms with van der Waals surface area (Å²) in [7, 11) is 0. The number of nitrogens with one attached hydrogen (secondary N) is 2. The molecule has 1 amide bonds. The van der Waals surface area contributed by atoms with Crippen LogP contribution in [0.4, 0.5) is 0 Å². The highest BCUT2D eigenvalue weighted by Crippen LogP contribution is 2.65. The Morgan fingerprint density at radius 1 is 1.22 bits per heavy atom. The fourth-order valence-electron chi connectivity index (χ4n) is 6.27. The van der Waals surface area contributed by atoms with Gasteiger partial charge in [-0.05, 0) is 60.1 Å². The molecular weight excluding hydrogens is 464 g/mol. The van der Waals surface area contributed by atoms with E-state index in [2.05, 4.69) is 44.5 Å². The molecule has 4 aromatic rings. The summed E-state index contributed by atoms with van der Waals surface area (Å²) in [5.41, 5.74) is 4.29. The van der Waals surface area contributed by atoms with E-state index in [1.165, 1.54) is 12.8 Å². The number of pyridine rings is 2. The summed E-state index contributed by atoms with van der Waals surface area (Å²) in [6, 6.07) is 15.9. The largest absolute Gasteiger partial charge is 0.439 e. The number of fused-ring (bicyclic) bond motifs is 2. The second kappa shape index (κ2) is 9.59. The van der Waals surface area contributed by atoms with Gasteiger partial charge in [-0.25, -0.2) is 4.98 Å². The Balaban J connectivity index is 1.09. The molecule has 0 spiro atoms. The van der Waals surface area contributed by atoms with E-state index in [4.69, 9.17) is 9.72 Å². The standard InChI is InChI=1S/C29H32N6O2/c1-3-11-29-18-35(17-25(29)24(29)15-30-19(2)36)16-22-6-4-20-13-23(7-8-26(20)33-22)37-28-9-5-21(14-31-28)27-10-12-32-34-27/h4-10,12-14,24-25H,3,11,15-18H2,1-2H3,(H,30,36)(H,32,34). The number of aromatic amines is 1. The quantitative estimate of drug-likeness (QED) is 0.346. The van der Waals surface area contributed by atoms with Gasteiger partial charge in [0.2, 0.25) is 11.8 Å². The predicted molar refractivity (Wildman–Crippen MR) is 142 cm³/mol. The zero-order chi connectivity index (χ0) is 25.4. The van der Waals surface area contributed by atoms with Crippen molar-refractivity contribution in [3.05, 3.63) is 66.6 Å². The van der Waals surface area contributed by atoms with Crippen LogP contribution in [0.2, 0.25) is 0 Å². The van der Waals surface area contributed by atoms with E-state index in [1.54, 1.807) is 19.3 Å². The molecule has 3 unspecified atom stereocenters. The SMILES string of the molecule is CCCC12CN(Cc3ccc4cc(Oc5ccc(-c6ccn[nH]6)cn5)ccc4n3)CC1C2CNC(C)=O. The number of hydrogen-bond donors (Lipinski definition) is 2. The van der Waals surface area contributed by atoms with Crippen molar-refractivity contribution in [2.45, 2.75) is 33.2 Å². The summed E-state index contributed by atoms with van der Waals surface area (Å²) in [5.74, 6) is 2.64. The van der Waals surface area contributed by atoms with Gasteiger partial charge in [-0.2, -0.15) is 5.10 Å². The molecule has 3 atom stereocenters. The van der Waals surface area contributed by atoms with Gasteiger partial charge in [0.1, 0.15) is 5.75 Å². The lowest BCUT2D eigenvalue weighted by Gasteiger charge is -2.23. The molecule has 2 fully saturated rings. The summed E-state index contributed by atoms with van der Waals surface area (Å²) < 4.78 is 5.99. The minimum absolute atomic E-state index is 0.0712. The lowest BCUT2D eigenvalue weighted by atomic mass is 9.97. The number of aromatic nitrogens is 4. The minimum Gasteiger partial charge on any atom is -0.439 e. The van der Waals surface area contributed by atoms with Crippen molar-refractivity contribution in [2.24, 2.45) is 17.3 Å². The lowest BCUT2D eigenvalue weighted by Crippen LogP contribution is -2.32. The molecule has 1 aromatic carbocycles. The van der Waals surface area contributed by atoms with Gasteiger partial charge in [-0.3, -0.25) is 19.8 Å². The first-order valence-electron chi connectivity index (χ1n) is 13.0. The fourth-order valence-corrected chi connectivity index (χ4v) is 6.27. The van der Waals surface area contributed by atoms with Gasteiger partial charge in [-0.15, -0.1) is 0 Å². The molecule has 190 valence electrons. The van der Waals surface area contributed by atoms with Crippen molar-refractivity contribution >= 4 is 16.8 Å². The number of ether oxygens (including phenoxy) is 1. The second-order valence-corrected chi connectivity index (χ2v) is 10.4. The average molecular weight is 497 g/mol. The number of piperidine rings is 1. The first-order valence-corrected chi connectivity index (χ1v) is 13.0. The van der Waals surface area contributed by atoms with Crippen LogP contribution in [0.3, 0.4) is 0 Å². The molecular formula is C29H32N6O2. The Kier molecular flexibility index (Phi) is 6.12. The van der Waals surface area contributed by atoms with Crippen LogP contribution in [-0.4, -0.2) is 50.6 Å². The lowest BCUT2D eigenvalue weighted by molar-refractivity contribution is -0.119. The maximum Gasteiger partial charge on any atom is 0.219 e. The average Bonchev–Trinajstić information content (AvgIpc) is 3.26. The van der Waals surface area contributed by atoms with E-state index in [0.717, 1.165) is 59.8 Å². The third kappa shape index (κ3) is 4.69. The van der Waals surface area contributed by atoms with Crippen molar-refractivity contribution in [1.82, 2.24) is 30.4 Å². The van der Waals surface area contributed by atoms with Gasteiger partial charge in [0.15, 0.2) is 0 Å². The van der Waals surface area contributed by atoms with Gasteiger partial charge >= 0.3 is 0 Å². The van der Waals surface area contributed by atoms with E-state index in [9.17, 15) is 4.79 Å². The molecule has 4 heterocycles. The molecule has 37 heavy (non-hydrogen) atoms. The van der Waals surface area contributed by atoms with Gasteiger partial charge in [-0.1, -0.05) is 19.4 Å². The Morgan fingerprint density at radius 2 is 2.14 bits per heavy atom. The first-order chi connectivity index (χ1) is 18.0. The number of rotatable bonds is 9. The molecule has 0 bridgehead atoms. The molecule has 8 nitrogen and oxygen atoms in total. The molecule has 1 aliphatic heterocycles. The Bertz CT molecular complexity index is 1400. The number of nitrogens with zero attached hydrogens (tertiary/aromatic N) is 4. The summed E-state index contributed by atoms with van der Waals surface area (Å²) in [6.07, 6.45) is 5.90. The highest BCUT2D eigenvalue weighted by molar-refractivity contribution is 5.80. The zero-order valence-electron chi connectivity index (χ0n) is 21.3. The van der Waals surface area contributed by atoms with Crippen LogP contribution >= 0.6 is 0 Å². The third-order valence-electron chi connectivity index (χ3n) is 7.99. The summed E-state index contributed by atoms with van der Waals surface area (Å²) >= 11 is 0. The fraction of sp³-hybridized carbons (Fsp3) is 0.379. The number of carbonyl (C=O) groups is 1. The Hall–Kier alpha value is -3.78. The molecule has 1 aliphatic carbocycles. The van der Waals surface area contributed by atoms with E-state index >= 15 is 0 Å². The van der Waals surface area contributed by atoms with Crippen LogP contribution in [0, 0.1) is 17.3 Å². The minimum atomic E-state index is 0.0712. The molecule has 2 aliphatic rings. The second-order valence-electron chi connectivity index (χ2n) is 10.4. The van der Waals surface area contributed by atoms with Gasteiger partial charge in [0.25, 0.3) is 0 Å². The Labute approximate surface area is 216 Å². The third-order valence-corrected chi connectivity index (χ3v) is 7.99. The molecule has 8 heteroatoms. The highest BCUT2D eigenvalue weighted by atomic mass is 16.5. The molecule has 1 saturated carbocycles. The van der Waals surface area contributed by atoms with E-state index in [0.29, 0.717) is 23.1 Å².